The summed E-state index contributed by atoms with van der Waals surface area (Å²) in [4.78, 5) is 0. The predicted octanol–water partition coefficient (Wildman–Crippen LogP) is 1.42. The summed E-state index contributed by atoms with van der Waals surface area (Å²) in [7, 11) is 0. The van der Waals surface area contributed by atoms with E-state index in [1.54, 1.807) is 6.20 Å². The summed E-state index contributed by atoms with van der Waals surface area (Å²) in [6, 6.07) is 7.79. The average Bonchev–Trinajstić information content (AvgIpc) is 2.92. The molecule has 3 heterocycles. The fraction of sp³-hybridized carbons (Fsp3) is 0. The minimum atomic E-state index is 0.536. The lowest BCUT2D eigenvalue weighted by Gasteiger charge is -1.88. The van der Waals surface area contributed by atoms with Crippen molar-refractivity contribution < 1.29 is 4.42 Å². The van der Waals surface area contributed by atoms with Gasteiger partial charge in [0.2, 0.25) is 5.65 Å². The van der Waals surface area contributed by atoms with E-state index < -0.39 is 0 Å². The fourth-order valence-corrected chi connectivity index (χ4v) is 1.87. The van der Waals surface area contributed by atoms with E-state index in [4.69, 9.17) is 4.42 Å². The summed E-state index contributed by atoms with van der Waals surface area (Å²) >= 11 is 0. The van der Waals surface area contributed by atoms with Crippen molar-refractivity contribution >= 4 is 27.6 Å². The van der Waals surface area contributed by atoms with Gasteiger partial charge < -0.3 is 4.42 Å². The van der Waals surface area contributed by atoms with Crippen molar-refractivity contribution in [2.45, 2.75) is 0 Å². The van der Waals surface area contributed by atoms with Crippen molar-refractivity contribution in [3.8, 4) is 0 Å². The fourth-order valence-electron chi connectivity index (χ4n) is 1.87. The Morgan fingerprint density at radius 2 is 2.06 bits per heavy atom. The third-order valence-electron chi connectivity index (χ3n) is 2.59. The zero-order valence-corrected chi connectivity index (χ0v) is 8.03. The van der Waals surface area contributed by atoms with Gasteiger partial charge in [0, 0.05) is 5.39 Å². The molecule has 4 aromatic rings. The van der Waals surface area contributed by atoms with Gasteiger partial charge in [-0.2, -0.15) is 5.10 Å². The zero-order chi connectivity index (χ0) is 10.5. The number of tetrazole rings is 1. The van der Waals surface area contributed by atoms with Crippen LogP contribution in [0.4, 0.5) is 0 Å². The smallest absolute Gasteiger partial charge is 0.242 e. The van der Waals surface area contributed by atoms with E-state index >= 15 is 0 Å². The van der Waals surface area contributed by atoms with E-state index in [0.717, 1.165) is 16.4 Å². The molecule has 0 unspecified atom stereocenters. The highest BCUT2D eigenvalue weighted by atomic mass is 16.3. The first-order valence-electron chi connectivity index (χ1n) is 4.78. The second kappa shape index (κ2) is 2.54. The van der Waals surface area contributed by atoms with Crippen LogP contribution in [0, 0.1) is 0 Å². The van der Waals surface area contributed by atoms with Crippen LogP contribution in [0.25, 0.3) is 27.6 Å². The van der Waals surface area contributed by atoms with Crippen molar-refractivity contribution in [1.29, 1.82) is 0 Å². The molecule has 0 amide bonds. The van der Waals surface area contributed by atoms with Crippen LogP contribution in [0.1, 0.15) is 0 Å². The highest BCUT2D eigenvalue weighted by molar-refractivity contribution is 6.08. The van der Waals surface area contributed by atoms with Crippen molar-refractivity contribution in [3.63, 3.8) is 0 Å². The number of hydrogen-bond donors (Lipinski definition) is 0. The molecule has 6 nitrogen and oxygen atoms in total. The molecular formula is C10H5N5O. The number of benzene rings is 1. The topological polar surface area (TPSA) is 69.1 Å². The molecule has 0 bridgehead atoms. The number of rotatable bonds is 0. The first-order chi connectivity index (χ1) is 7.93. The average molecular weight is 211 g/mol. The quantitative estimate of drug-likeness (QED) is 0.440. The van der Waals surface area contributed by atoms with Crippen LogP contribution >= 0.6 is 0 Å². The molecule has 0 fully saturated rings. The minimum Gasteiger partial charge on any atom is -0.452 e. The number of furan rings is 1. The molecule has 16 heavy (non-hydrogen) atoms. The number of fused-ring (bicyclic) bond motifs is 5. The Bertz CT molecular complexity index is 816. The molecule has 0 saturated heterocycles. The van der Waals surface area contributed by atoms with Gasteiger partial charge in [0.1, 0.15) is 5.58 Å². The Balaban J connectivity index is 2.38. The Morgan fingerprint density at radius 1 is 1.12 bits per heavy atom. The van der Waals surface area contributed by atoms with Crippen LogP contribution in [0.5, 0.6) is 0 Å². The lowest BCUT2D eigenvalue weighted by molar-refractivity contribution is 0.663. The molecule has 6 heteroatoms. The van der Waals surface area contributed by atoms with E-state index in [0.29, 0.717) is 11.2 Å². The van der Waals surface area contributed by atoms with Crippen LogP contribution in [-0.2, 0) is 0 Å². The van der Waals surface area contributed by atoms with E-state index in [1.165, 1.54) is 4.63 Å². The second-order valence-electron chi connectivity index (χ2n) is 3.48. The van der Waals surface area contributed by atoms with Crippen LogP contribution in [-0.4, -0.2) is 25.3 Å². The standard InChI is InChI=1S/C10H5N5O/c1-2-4-8-6(3-1)7-5-11-15-10(9(7)16-8)12-13-14-15/h1-5H. The lowest BCUT2D eigenvalue weighted by Crippen LogP contribution is -1.92. The van der Waals surface area contributed by atoms with E-state index in [2.05, 4.69) is 20.6 Å². The molecule has 0 aliphatic carbocycles. The van der Waals surface area contributed by atoms with E-state index in [1.807, 2.05) is 24.3 Å². The maximum absolute atomic E-state index is 5.72. The van der Waals surface area contributed by atoms with E-state index in [9.17, 15) is 0 Å². The first kappa shape index (κ1) is 7.75. The normalized spacial score (nSPS) is 11.8. The Hall–Kier alpha value is -2.50. The van der Waals surface area contributed by atoms with Gasteiger partial charge in [-0.3, -0.25) is 0 Å². The summed E-state index contributed by atoms with van der Waals surface area (Å²) in [5.41, 5.74) is 2.02. The maximum Gasteiger partial charge on any atom is 0.242 e. The lowest BCUT2D eigenvalue weighted by atomic mass is 10.2. The molecule has 0 radical (unpaired) electrons. The summed E-state index contributed by atoms with van der Waals surface area (Å²) in [6.07, 6.45) is 1.71. The number of hydrogen-bond acceptors (Lipinski definition) is 5. The van der Waals surface area contributed by atoms with Gasteiger partial charge in [-0.05, 0) is 16.5 Å². The minimum absolute atomic E-state index is 0.536. The molecule has 0 spiro atoms. The van der Waals surface area contributed by atoms with Crippen LogP contribution < -0.4 is 0 Å². The van der Waals surface area contributed by atoms with Gasteiger partial charge in [-0.15, -0.1) is 9.73 Å². The maximum atomic E-state index is 5.72. The second-order valence-corrected chi connectivity index (χ2v) is 3.48. The van der Waals surface area contributed by atoms with Crippen molar-refractivity contribution in [2.24, 2.45) is 0 Å². The van der Waals surface area contributed by atoms with Gasteiger partial charge in [0.05, 0.1) is 11.6 Å². The molecule has 1 aromatic carbocycles. The third-order valence-corrected chi connectivity index (χ3v) is 2.59. The van der Waals surface area contributed by atoms with Crippen molar-refractivity contribution in [1.82, 2.24) is 25.3 Å². The monoisotopic (exact) mass is 211 g/mol. The van der Waals surface area contributed by atoms with Gasteiger partial charge in [-0.25, -0.2) is 0 Å². The van der Waals surface area contributed by atoms with Gasteiger partial charge in [0.25, 0.3) is 0 Å². The molecule has 0 atom stereocenters. The SMILES string of the molecule is c1ccc2c(c1)oc1c2cnn2nnnc12. The Labute approximate surface area is 88.5 Å². The molecule has 0 saturated carbocycles. The van der Waals surface area contributed by atoms with Crippen LogP contribution in [0.3, 0.4) is 0 Å². The van der Waals surface area contributed by atoms with Gasteiger partial charge >= 0.3 is 0 Å². The molecular weight excluding hydrogens is 206 g/mol. The summed E-state index contributed by atoms with van der Waals surface area (Å²) in [5, 5.41) is 17.2. The Kier molecular flexibility index (Phi) is 1.23. The molecule has 76 valence electrons. The highest BCUT2D eigenvalue weighted by Crippen LogP contribution is 2.28. The molecule has 3 aromatic heterocycles. The van der Waals surface area contributed by atoms with E-state index in [-0.39, 0.29) is 0 Å². The molecule has 0 aliphatic rings. The van der Waals surface area contributed by atoms with Gasteiger partial charge in [0.15, 0.2) is 5.58 Å². The highest BCUT2D eigenvalue weighted by Gasteiger charge is 2.12. The molecule has 0 N–H and O–H groups in total. The number of nitrogens with zero attached hydrogens (tertiary/aromatic N) is 5. The summed E-state index contributed by atoms with van der Waals surface area (Å²) in [5.74, 6) is 0. The van der Waals surface area contributed by atoms with Gasteiger partial charge in [-0.1, -0.05) is 18.2 Å². The summed E-state index contributed by atoms with van der Waals surface area (Å²) in [6.45, 7) is 0. The van der Waals surface area contributed by atoms with Crippen LogP contribution in [0.15, 0.2) is 34.9 Å². The zero-order valence-electron chi connectivity index (χ0n) is 8.03. The largest absolute Gasteiger partial charge is 0.452 e. The van der Waals surface area contributed by atoms with Crippen molar-refractivity contribution in [2.75, 3.05) is 0 Å². The third kappa shape index (κ3) is 0.813. The summed E-state index contributed by atoms with van der Waals surface area (Å²) < 4.78 is 7.07. The van der Waals surface area contributed by atoms with Crippen molar-refractivity contribution in [3.05, 3.63) is 30.5 Å². The number of aromatic nitrogens is 5. The Morgan fingerprint density at radius 3 is 3.06 bits per heavy atom. The molecule has 0 aliphatic heterocycles. The van der Waals surface area contributed by atoms with Crippen LogP contribution in [0.2, 0.25) is 0 Å². The predicted molar refractivity (Wildman–Crippen MR) is 55.9 cm³/mol. The molecule has 4 rings (SSSR count). The number of para-hydroxylation sites is 1. The first-order valence-corrected chi connectivity index (χ1v) is 4.78.